The summed E-state index contributed by atoms with van der Waals surface area (Å²) in [5.74, 6) is 0.545. The van der Waals surface area contributed by atoms with Gasteiger partial charge in [0.15, 0.2) is 0 Å². The molecule has 0 aliphatic rings. The first-order valence-electron chi connectivity index (χ1n) is 6.16. The maximum absolute atomic E-state index is 9.26. The Labute approximate surface area is 103 Å². The molecule has 0 heterocycles. The summed E-state index contributed by atoms with van der Waals surface area (Å²) in [5.41, 5.74) is 2.52. The maximum Gasteiger partial charge on any atom is 0.0895 e. The van der Waals surface area contributed by atoms with Crippen LogP contribution in [0.25, 0.3) is 0 Å². The van der Waals surface area contributed by atoms with Gasteiger partial charge in [0.1, 0.15) is 0 Å². The van der Waals surface area contributed by atoms with Crippen LogP contribution < -0.4 is 5.32 Å². The van der Waals surface area contributed by atoms with Gasteiger partial charge in [-0.3, -0.25) is 0 Å². The second-order valence-electron chi connectivity index (χ2n) is 4.79. The fourth-order valence-corrected chi connectivity index (χ4v) is 1.66. The van der Waals surface area contributed by atoms with Crippen molar-refractivity contribution in [2.75, 3.05) is 13.2 Å². The zero-order chi connectivity index (χ0) is 12.8. The van der Waals surface area contributed by atoms with E-state index in [2.05, 4.69) is 50.4 Å². The van der Waals surface area contributed by atoms with Crippen molar-refractivity contribution in [1.29, 1.82) is 0 Å². The minimum absolute atomic E-state index is 0.178. The lowest BCUT2D eigenvalue weighted by Gasteiger charge is -2.17. The van der Waals surface area contributed by atoms with Crippen molar-refractivity contribution in [3.05, 3.63) is 35.4 Å². The number of rotatable bonds is 6. The highest BCUT2D eigenvalue weighted by atomic mass is 16.3. The summed E-state index contributed by atoms with van der Waals surface area (Å²) in [6.45, 7) is 6.60. The molecule has 0 aromatic heterocycles. The molecule has 0 radical (unpaired) electrons. The third kappa shape index (κ3) is 4.46. The van der Waals surface area contributed by atoms with Crippen LogP contribution in [0.3, 0.4) is 0 Å². The Kier molecular flexibility index (Phi) is 5.62. The van der Waals surface area contributed by atoms with Crippen LogP contribution >= 0.6 is 0 Å². The predicted molar refractivity (Wildman–Crippen MR) is 70.0 cm³/mol. The zero-order valence-corrected chi connectivity index (χ0v) is 10.9. The lowest BCUT2D eigenvalue weighted by molar-refractivity contribution is 0.0924. The number of aliphatic hydroxyl groups is 2. The number of nitrogens with one attached hydrogen (secondary N) is 1. The van der Waals surface area contributed by atoms with E-state index in [1.54, 1.807) is 0 Å². The fraction of sp³-hybridized carbons (Fsp3) is 0.571. The van der Waals surface area contributed by atoms with Gasteiger partial charge < -0.3 is 15.5 Å². The topological polar surface area (TPSA) is 52.5 Å². The molecule has 96 valence electrons. The van der Waals surface area contributed by atoms with E-state index >= 15 is 0 Å². The normalized spacial score (nSPS) is 14.9. The first kappa shape index (κ1) is 14.2. The molecule has 1 rings (SSSR count). The van der Waals surface area contributed by atoms with E-state index < -0.39 is 6.10 Å². The third-order valence-electron chi connectivity index (χ3n) is 2.97. The Morgan fingerprint density at radius 2 is 1.59 bits per heavy atom. The van der Waals surface area contributed by atoms with E-state index in [0.717, 1.165) is 0 Å². The quantitative estimate of drug-likeness (QED) is 0.707. The van der Waals surface area contributed by atoms with Gasteiger partial charge in [0.05, 0.1) is 12.7 Å². The molecular weight excluding hydrogens is 214 g/mol. The Morgan fingerprint density at radius 1 is 1.06 bits per heavy atom. The van der Waals surface area contributed by atoms with Crippen molar-refractivity contribution < 1.29 is 10.2 Å². The summed E-state index contributed by atoms with van der Waals surface area (Å²) in [4.78, 5) is 0. The molecule has 0 amide bonds. The molecule has 0 saturated heterocycles. The third-order valence-corrected chi connectivity index (χ3v) is 2.97. The highest BCUT2D eigenvalue weighted by Crippen LogP contribution is 2.18. The van der Waals surface area contributed by atoms with Gasteiger partial charge in [-0.1, -0.05) is 38.1 Å². The number of aliphatic hydroxyl groups excluding tert-OH is 2. The van der Waals surface area contributed by atoms with Crippen molar-refractivity contribution >= 4 is 0 Å². The van der Waals surface area contributed by atoms with E-state index in [0.29, 0.717) is 12.5 Å². The summed E-state index contributed by atoms with van der Waals surface area (Å²) in [6.07, 6.45) is -0.688. The Morgan fingerprint density at radius 3 is 2.06 bits per heavy atom. The SMILES string of the molecule is CC(C)c1ccc(C(C)NCC(O)CO)cc1. The molecule has 3 N–H and O–H groups in total. The largest absolute Gasteiger partial charge is 0.394 e. The Hall–Kier alpha value is -0.900. The van der Waals surface area contributed by atoms with E-state index in [9.17, 15) is 5.11 Å². The van der Waals surface area contributed by atoms with Crippen LogP contribution in [0.1, 0.15) is 43.9 Å². The minimum atomic E-state index is -0.688. The van der Waals surface area contributed by atoms with Crippen molar-refractivity contribution in [2.24, 2.45) is 0 Å². The first-order valence-corrected chi connectivity index (χ1v) is 6.16. The van der Waals surface area contributed by atoms with Crippen LogP contribution in [0, 0.1) is 0 Å². The molecule has 17 heavy (non-hydrogen) atoms. The molecule has 0 aliphatic carbocycles. The van der Waals surface area contributed by atoms with Crippen molar-refractivity contribution in [3.63, 3.8) is 0 Å². The lowest BCUT2D eigenvalue weighted by atomic mass is 9.99. The number of hydrogen-bond acceptors (Lipinski definition) is 3. The van der Waals surface area contributed by atoms with Crippen LogP contribution in [0.4, 0.5) is 0 Å². The highest BCUT2D eigenvalue weighted by molar-refractivity contribution is 5.26. The standard InChI is InChI=1S/C14H23NO2/c1-10(2)12-4-6-13(7-5-12)11(3)15-8-14(17)9-16/h4-7,10-11,14-17H,8-9H2,1-3H3. The van der Waals surface area contributed by atoms with Gasteiger partial charge in [0, 0.05) is 12.6 Å². The van der Waals surface area contributed by atoms with Crippen LogP contribution in [0.15, 0.2) is 24.3 Å². The molecule has 2 unspecified atom stereocenters. The van der Waals surface area contributed by atoms with Gasteiger partial charge in [-0.15, -0.1) is 0 Å². The van der Waals surface area contributed by atoms with Gasteiger partial charge >= 0.3 is 0 Å². The van der Waals surface area contributed by atoms with Crippen LogP contribution in [0.5, 0.6) is 0 Å². The first-order chi connectivity index (χ1) is 8.04. The monoisotopic (exact) mass is 237 g/mol. The zero-order valence-electron chi connectivity index (χ0n) is 10.9. The van der Waals surface area contributed by atoms with Gasteiger partial charge in [-0.2, -0.15) is 0 Å². The molecule has 0 bridgehead atoms. The molecular formula is C14H23NO2. The van der Waals surface area contributed by atoms with Crippen molar-refractivity contribution in [2.45, 2.75) is 38.8 Å². The highest BCUT2D eigenvalue weighted by Gasteiger charge is 2.08. The van der Waals surface area contributed by atoms with E-state index in [4.69, 9.17) is 5.11 Å². The van der Waals surface area contributed by atoms with Crippen LogP contribution in [-0.2, 0) is 0 Å². The minimum Gasteiger partial charge on any atom is -0.394 e. The summed E-state index contributed by atoms with van der Waals surface area (Å²) < 4.78 is 0. The summed E-state index contributed by atoms with van der Waals surface area (Å²) >= 11 is 0. The summed E-state index contributed by atoms with van der Waals surface area (Å²) in [6, 6.07) is 8.68. The van der Waals surface area contributed by atoms with Gasteiger partial charge in [-0.05, 0) is 24.0 Å². The smallest absolute Gasteiger partial charge is 0.0895 e. The molecule has 3 nitrogen and oxygen atoms in total. The van der Waals surface area contributed by atoms with E-state index in [1.165, 1.54) is 11.1 Å². The lowest BCUT2D eigenvalue weighted by Crippen LogP contribution is -2.31. The molecule has 2 atom stereocenters. The average Bonchev–Trinajstić information content (AvgIpc) is 2.35. The van der Waals surface area contributed by atoms with Crippen molar-refractivity contribution in [1.82, 2.24) is 5.32 Å². The molecule has 0 spiro atoms. The average molecular weight is 237 g/mol. The predicted octanol–water partition coefficient (Wildman–Crippen LogP) is 1.81. The molecule has 3 heteroatoms. The summed E-state index contributed by atoms with van der Waals surface area (Å²) in [5, 5.41) is 21.2. The van der Waals surface area contributed by atoms with Gasteiger partial charge in [-0.25, -0.2) is 0 Å². The number of benzene rings is 1. The van der Waals surface area contributed by atoms with Gasteiger partial charge in [0.2, 0.25) is 0 Å². The molecule has 0 fully saturated rings. The van der Waals surface area contributed by atoms with Crippen LogP contribution in [0.2, 0.25) is 0 Å². The maximum atomic E-state index is 9.26. The Balaban J connectivity index is 2.54. The van der Waals surface area contributed by atoms with Crippen molar-refractivity contribution in [3.8, 4) is 0 Å². The van der Waals surface area contributed by atoms with E-state index in [-0.39, 0.29) is 12.6 Å². The fourth-order valence-electron chi connectivity index (χ4n) is 1.66. The summed E-state index contributed by atoms with van der Waals surface area (Å²) in [7, 11) is 0. The molecule has 0 aliphatic heterocycles. The van der Waals surface area contributed by atoms with Gasteiger partial charge in [0.25, 0.3) is 0 Å². The van der Waals surface area contributed by atoms with Crippen LogP contribution in [-0.4, -0.2) is 29.5 Å². The second kappa shape index (κ2) is 6.74. The second-order valence-corrected chi connectivity index (χ2v) is 4.79. The van der Waals surface area contributed by atoms with E-state index in [1.807, 2.05) is 0 Å². The Bertz CT molecular complexity index is 321. The molecule has 0 saturated carbocycles. The molecule has 1 aromatic carbocycles. The number of hydrogen-bond donors (Lipinski definition) is 3. The molecule has 1 aromatic rings.